The molecule has 0 aliphatic carbocycles. The maximum Gasteiger partial charge on any atom is 0.135 e. The van der Waals surface area contributed by atoms with Crippen LogP contribution in [0.2, 0.25) is 0 Å². The van der Waals surface area contributed by atoms with E-state index in [1.165, 1.54) is 39.1 Å². The number of anilines is 2. The van der Waals surface area contributed by atoms with Crippen molar-refractivity contribution in [3.8, 4) is 17.3 Å². The summed E-state index contributed by atoms with van der Waals surface area (Å²) in [4.78, 5) is 9.49. The summed E-state index contributed by atoms with van der Waals surface area (Å²) < 4.78 is 8.77. The normalized spacial score (nSPS) is 12.8. The molecule has 7 aromatic rings. The number of hydrogen-bond acceptors (Lipinski definition) is 4. The van der Waals surface area contributed by atoms with Crippen molar-refractivity contribution in [2.24, 2.45) is 0 Å². The van der Waals surface area contributed by atoms with Crippen LogP contribution in [0.5, 0.6) is 11.5 Å². The predicted molar refractivity (Wildman–Crippen MR) is 218 cm³/mol. The number of fused-ring (bicyclic) bond motifs is 3. The average molecular weight is 877 g/mol. The summed E-state index contributed by atoms with van der Waals surface area (Å²) in [5.41, 5.74) is 12.7. The number of aromatic nitrogens is 2. The Hall–Kier alpha value is -5.12. The Bertz CT molecular complexity index is 2450. The van der Waals surface area contributed by atoms with Gasteiger partial charge in [0.2, 0.25) is 0 Å². The molecule has 0 saturated heterocycles. The van der Waals surface area contributed by atoms with Crippen molar-refractivity contribution in [3.63, 3.8) is 0 Å². The first-order valence-corrected chi connectivity index (χ1v) is 17.6. The molecule has 6 heteroatoms. The fraction of sp³-hybridized carbons (Fsp3) is 0.191. The van der Waals surface area contributed by atoms with Crippen molar-refractivity contribution in [1.29, 1.82) is 0 Å². The Morgan fingerprint density at radius 1 is 0.717 bits per heavy atom. The first-order chi connectivity index (χ1) is 24.5. The van der Waals surface area contributed by atoms with Crippen LogP contribution >= 0.6 is 0 Å². The van der Waals surface area contributed by atoms with Gasteiger partial charge < -0.3 is 26.5 Å². The smallest absolute Gasteiger partial charge is 0.135 e. The fourth-order valence-corrected chi connectivity index (χ4v) is 7.33. The summed E-state index contributed by atoms with van der Waals surface area (Å²) in [6.07, 6.45) is 4.17. The van der Waals surface area contributed by atoms with Crippen LogP contribution in [-0.2, 0) is 26.5 Å². The summed E-state index contributed by atoms with van der Waals surface area (Å²) in [5, 5.41) is 2.26. The number of ether oxygens (including phenoxy) is 1. The van der Waals surface area contributed by atoms with Crippen LogP contribution < -0.4 is 14.5 Å². The van der Waals surface area contributed by atoms with E-state index in [1.807, 2.05) is 24.4 Å². The molecular weight excluding hydrogens is 832 g/mol. The number of pyridine rings is 1. The Morgan fingerprint density at radius 3 is 2.15 bits per heavy atom. The van der Waals surface area contributed by atoms with Gasteiger partial charge in [0.05, 0.1) is 12.4 Å². The third kappa shape index (κ3) is 7.15. The van der Waals surface area contributed by atoms with Crippen molar-refractivity contribution in [2.75, 3.05) is 16.5 Å². The molecule has 53 heavy (non-hydrogen) atoms. The largest absolute Gasteiger partial charge is 0.509 e. The minimum atomic E-state index is -0.00635. The number of benzene rings is 5. The minimum Gasteiger partial charge on any atom is -0.509 e. The molecule has 0 spiro atoms. The zero-order valence-corrected chi connectivity index (χ0v) is 34.0. The molecule has 0 amide bonds. The van der Waals surface area contributed by atoms with Gasteiger partial charge in [0.25, 0.3) is 0 Å². The topological polar surface area (TPSA) is 33.5 Å². The van der Waals surface area contributed by atoms with Crippen molar-refractivity contribution in [1.82, 2.24) is 9.55 Å². The monoisotopic (exact) mass is 876 g/mol. The van der Waals surface area contributed by atoms with Crippen molar-refractivity contribution < 1.29 is 25.8 Å². The van der Waals surface area contributed by atoms with E-state index in [-0.39, 0.29) is 33.9 Å². The Labute approximate surface area is 328 Å². The molecule has 0 atom stereocenters. The van der Waals surface area contributed by atoms with Crippen LogP contribution in [0.15, 0.2) is 116 Å². The fourth-order valence-electron chi connectivity index (χ4n) is 7.33. The summed E-state index contributed by atoms with van der Waals surface area (Å²) >= 11 is 0. The summed E-state index contributed by atoms with van der Waals surface area (Å²) in [7, 11) is 0. The second kappa shape index (κ2) is 14.7. The van der Waals surface area contributed by atoms with Gasteiger partial charge in [-0.2, -0.15) is 12.1 Å². The van der Waals surface area contributed by atoms with Crippen molar-refractivity contribution in [3.05, 3.63) is 168 Å². The van der Waals surface area contributed by atoms with Gasteiger partial charge in [-0.05, 0) is 96.6 Å². The quantitative estimate of drug-likeness (QED) is 0.156. The van der Waals surface area contributed by atoms with Crippen molar-refractivity contribution >= 4 is 38.9 Å². The molecule has 5 aromatic carbocycles. The van der Waals surface area contributed by atoms with Gasteiger partial charge >= 0.3 is 0 Å². The van der Waals surface area contributed by atoms with E-state index in [0.717, 1.165) is 39.0 Å². The van der Waals surface area contributed by atoms with Gasteiger partial charge in [-0.15, -0.1) is 35.7 Å². The van der Waals surface area contributed by atoms with Gasteiger partial charge in [0.15, 0.2) is 0 Å². The second-order valence-corrected chi connectivity index (χ2v) is 14.8. The third-order valence-corrected chi connectivity index (χ3v) is 9.80. The van der Waals surface area contributed by atoms with Crippen LogP contribution in [0, 0.1) is 47.3 Å². The SMILES string of the molecule is Cc1cc(C)cc(N2C=C(c3c(C)cccc3C)N(c3[c-]c(Oc4[c-]c5c(cc4)c4ccccc4n5-c4cc(C(C)(C)C)ccn4)ccc3)C2)c1.[CH3-].[Pt]. The van der Waals surface area contributed by atoms with E-state index in [0.29, 0.717) is 18.2 Å². The molecule has 0 radical (unpaired) electrons. The van der Waals surface area contributed by atoms with Gasteiger partial charge in [-0.25, -0.2) is 4.98 Å². The van der Waals surface area contributed by atoms with E-state index in [4.69, 9.17) is 9.72 Å². The summed E-state index contributed by atoms with van der Waals surface area (Å²) in [5.74, 6) is 2.11. The zero-order valence-electron chi connectivity index (χ0n) is 31.7. The van der Waals surface area contributed by atoms with Gasteiger partial charge in [0.1, 0.15) is 5.82 Å². The van der Waals surface area contributed by atoms with Crippen LogP contribution in [-0.4, -0.2) is 16.2 Å². The molecular formula is C47H45N4OPt-3. The Kier molecular flexibility index (Phi) is 10.4. The van der Waals surface area contributed by atoms with Crippen LogP contribution in [0.25, 0.3) is 33.3 Å². The number of para-hydroxylation sites is 1. The second-order valence-electron chi connectivity index (χ2n) is 14.8. The first-order valence-electron chi connectivity index (χ1n) is 17.6. The van der Waals surface area contributed by atoms with Gasteiger partial charge in [-0.3, -0.25) is 0 Å². The first kappa shape index (κ1) is 37.6. The van der Waals surface area contributed by atoms with E-state index in [2.05, 4.69) is 166 Å². The number of nitrogens with zero attached hydrogens (tertiary/aromatic N) is 4. The molecule has 1 aliphatic rings. The van der Waals surface area contributed by atoms with Crippen molar-refractivity contribution in [2.45, 2.75) is 53.9 Å². The summed E-state index contributed by atoms with van der Waals surface area (Å²) in [6.45, 7) is 16.0. The molecule has 8 rings (SSSR count). The molecule has 2 aromatic heterocycles. The van der Waals surface area contributed by atoms with Gasteiger partial charge in [0, 0.05) is 61.7 Å². The molecule has 0 unspecified atom stereocenters. The van der Waals surface area contributed by atoms with Crippen LogP contribution in [0.4, 0.5) is 11.4 Å². The minimum absolute atomic E-state index is 0. The number of aryl methyl sites for hydroxylation is 4. The maximum atomic E-state index is 6.58. The average Bonchev–Trinajstić information content (AvgIpc) is 3.67. The maximum absolute atomic E-state index is 6.58. The molecule has 272 valence electrons. The molecule has 5 nitrogen and oxygen atoms in total. The molecule has 3 heterocycles. The number of rotatable bonds is 6. The van der Waals surface area contributed by atoms with E-state index in [9.17, 15) is 0 Å². The van der Waals surface area contributed by atoms with E-state index >= 15 is 0 Å². The molecule has 0 saturated carbocycles. The summed E-state index contributed by atoms with van der Waals surface area (Å²) in [6, 6.07) is 43.4. The third-order valence-electron chi connectivity index (χ3n) is 9.80. The van der Waals surface area contributed by atoms with E-state index < -0.39 is 0 Å². The Balaban J connectivity index is 0.00000240. The zero-order chi connectivity index (χ0) is 35.4. The van der Waals surface area contributed by atoms with Crippen LogP contribution in [0.3, 0.4) is 0 Å². The van der Waals surface area contributed by atoms with Gasteiger partial charge in [-0.1, -0.05) is 74.4 Å². The molecule has 0 N–H and O–H groups in total. The van der Waals surface area contributed by atoms with Crippen LogP contribution in [0.1, 0.15) is 54.2 Å². The standard InChI is InChI=1S/C46H42N4O.CH3.Pt/c1-30-22-31(2)24-36(23-30)48-28-43(45-32(3)12-10-13-33(45)4)49(29-48)35-14-11-15-37(26-35)51-38-18-19-40-39-16-8-9-17-41(39)50(42(40)27-38)44-25-34(20-21-47-44)46(5,6)7;;/h8-25,28H,29H2,1-7H3;1H3;/q-2;-1;. The van der Waals surface area contributed by atoms with E-state index in [1.54, 1.807) is 0 Å². The Morgan fingerprint density at radius 2 is 1.42 bits per heavy atom. The molecule has 1 aliphatic heterocycles. The predicted octanol–water partition coefficient (Wildman–Crippen LogP) is 11.8. The molecule has 0 fully saturated rings. The molecule has 0 bridgehead atoms. The number of hydrogen-bond donors (Lipinski definition) is 0.